The molecule has 0 fully saturated rings. The van der Waals surface area contributed by atoms with E-state index < -0.39 is 17.1 Å². The lowest BCUT2D eigenvalue weighted by molar-refractivity contribution is -0.142. The highest BCUT2D eigenvalue weighted by Crippen LogP contribution is 2.27. The lowest BCUT2D eigenvalue weighted by atomic mass is 9.85. The van der Waals surface area contributed by atoms with Crippen LogP contribution in [0.25, 0.3) is 0 Å². The summed E-state index contributed by atoms with van der Waals surface area (Å²) in [5, 5.41) is 22.0. The minimum atomic E-state index is -1.04. The molecule has 3 N–H and O–H groups in total. The lowest BCUT2D eigenvalue weighted by Gasteiger charge is -2.28. The summed E-state index contributed by atoms with van der Waals surface area (Å²) < 4.78 is 5.79. The van der Waals surface area contributed by atoms with Gasteiger partial charge < -0.3 is 14.9 Å². The van der Waals surface area contributed by atoms with Gasteiger partial charge in [0.15, 0.2) is 6.23 Å². The van der Waals surface area contributed by atoms with E-state index in [1.807, 2.05) is 6.92 Å². The van der Waals surface area contributed by atoms with Crippen molar-refractivity contribution in [3.63, 3.8) is 0 Å². The smallest absolute Gasteiger partial charge is 0.313 e. The number of carboxylic acid groups (broad SMARTS) is 1. The van der Waals surface area contributed by atoms with Gasteiger partial charge in [-0.25, -0.2) is 0 Å². The zero-order valence-electron chi connectivity index (χ0n) is 13.7. The fourth-order valence-corrected chi connectivity index (χ4v) is 1.85. The van der Waals surface area contributed by atoms with E-state index in [1.165, 1.54) is 0 Å². The molecule has 0 radical (unpaired) electrons. The average Bonchev–Trinajstić information content (AvgIpc) is 2.36. The van der Waals surface area contributed by atoms with Gasteiger partial charge in [-0.05, 0) is 51.8 Å². The third-order valence-electron chi connectivity index (χ3n) is 3.25. The maximum absolute atomic E-state index is 11.3. The molecule has 0 saturated carbocycles. The molecule has 0 saturated heterocycles. The van der Waals surface area contributed by atoms with Crippen LogP contribution < -0.4 is 10.1 Å². The number of rotatable bonds is 7. The van der Waals surface area contributed by atoms with E-state index in [0.717, 1.165) is 0 Å². The normalized spacial score (nSPS) is 13.2. The monoisotopic (exact) mass is 331 g/mol. The van der Waals surface area contributed by atoms with E-state index in [0.29, 0.717) is 17.7 Å². The molecule has 0 aliphatic heterocycles. The van der Waals surface area contributed by atoms with Crippen molar-refractivity contribution in [3.8, 4) is 5.75 Å². The van der Waals surface area contributed by atoms with E-state index in [2.05, 4.69) is 5.32 Å². The van der Waals surface area contributed by atoms with Crippen molar-refractivity contribution < 1.29 is 19.7 Å². The first-order chi connectivity index (χ1) is 9.56. The summed E-state index contributed by atoms with van der Waals surface area (Å²) in [6.07, 6.45) is 0.310. The molecule has 1 rings (SSSR count). The topological polar surface area (TPSA) is 78.8 Å². The van der Waals surface area contributed by atoms with Gasteiger partial charge in [0.05, 0.1) is 5.41 Å². The van der Waals surface area contributed by atoms with Gasteiger partial charge in [0.1, 0.15) is 11.5 Å². The number of carbonyl (C=O) groups is 1. The standard InChI is InChI=1S/C16H25NO4.ClH/c1-6-13(17-16(4,5)20)21-12-9-7-8-11(10-12)15(2,3)14(18)19;/h7-10,13,17,20H,6H2,1-5H3,(H,18,19);1H. The number of nitrogens with one attached hydrogen (secondary N) is 1. The predicted octanol–water partition coefficient (Wildman–Crippen LogP) is 2.90. The van der Waals surface area contributed by atoms with Gasteiger partial charge >= 0.3 is 5.97 Å². The van der Waals surface area contributed by atoms with Crippen molar-refractivity contribution >= 4 is 18.4 Å². The zero-order chi connectivity index (χ0) is 16.3. The molecule has 0 aliphatic carbocycles. The van der Waals surface area contributed by atoms with E-state index in [4.69, 9.17) is 4.74 Å². The van der Waals surface area contributed by atoms with Crippen molar-refractivity contribution in [2.75, 3.05) is 0 Å². The van der Waals surface area contributed by atoms with Crippen LogP contribution in [0.3, 0.4) is 0 Å². The first-order valence-corrected chi connectivity index (χ1v) is 7.07. The first kappa shape index (κ1) is 20.7. The van der Waals surface area contributed by atoms with Gasteiger partial charge in [-0.2, -0.15) is 0 Å². The Bertz CT molecular complexity index is 497. The molecule has 1 aromatic rings. The van der Waals surface area contributed by atoms with Crippen LogP contribution in [-0.2, 0) is 10.2 Å². The number of carboxylic acids is 1. The lowest BCUT2D eigenvalue weighted by Crippen LogP contribution is -2.48. The Hall–Kier alpha value is -1.30. The summed E-state index contributed by atoms with van der Waals surface area (Å²) in [7, 11) is 0. The maximum Gasteiger partial charge on any atom is 0.313 e. The SMILES string of the molecule is CCC(NC(C)(C)O)Oc1cccc(C(C)(C)C(=O)O)c1.Cl. The summed E-state index contributed by atoms with van der Waals surface area (Å²) in [5.74, 6) is -0.313. The van der Waals surface area contributed by atoms with Crippen LogP contribution in [0.5, 0.6) is 5.75 Å². The number of hydrogen-bond acceptors (Lipinski definition) is 4. The number of aliphatic carboxylic acids is 1. The summed E-state index contributed by atoms with van der Waals surface area (Å²) in [4.78, 5) is 11.3. The third-order valence-corrected chi connectivity index (χ3v) is 3.25. The predicted molar refractivity (Wildman–Crippen MR) is 88.5 cm³/mol. The zero-order valence-corrected chi connectivity index (χ0v) is 14.5. The molecule has 1 atom stereocenters. The Morgan fingerprint density at radius 2 is 1.91 bits per heavy atom. The van der Waals surface area contributed by atoms with Gasteiger partial charge in [-0.15, -0.1) is 12.4 Å². The highest BCUT2D eigenvalue weighted by atomic mass is 35.5. The molecule has 0 aromatic heterocycles. The summed E-state index contributed by atoms with van der Waals surface area (Å²) >= 11 is 0. The molecule has 0 bridgehead atoms. The summed E-state index contributed by atoms with van der Waals surface area (Å²) in [6, 6.07) is 7.04. The van der Waals surface area contributed by atoms with E-state index in [1.54, 1.807) is 52.0 Å². The van der Waals surface area contributed by atoms with Crippen LogP contribution in [0.2, 0.25) is 0 Å². The highest BCUT2D eigenvalue weighted by molar-refractivity contribution is 5.85. The Morgan fingerprint density at radius 1 is 1.32 bits per heavy atom. The van der Waals surface area contributed by atoms with Crippen LogP contribution >= 0.6 is 12.4 Å². The molecule has 126 valence electrons. The molecule has 6 heteroatoms. The van der Waals surface area contributed by atoms with Crippen molar-refractivity contribution in [2.45, 2.75) is 58.4 Å². The van der Waals surface area contributed by atoms with E-state index >= 15 is 0 Å². The van der Waals surface area contributed by atoms with Gasteiger partial charge in [0.25, 0.3) is 0 Å². The van der Waals surface area contributed by atoms with Crippen molar-refractivity contribution in [3.05, 3.63) is 29.8 Å². The van der Waals surface area contributed by atoms with Crippen molar-refractivity contribution in [1.82, 2.24) is 5.32 Å². The number of hydrogen-bond donors (Lipinski definition) is 3. The Morgan fingerprint density at radius 3 is 2.36 bits per heavy atom. The van der Waals surface area contributed by atoms with Gasteiger partial charge in [-0.1, -0.05) is 19.1 Å². The molecular formula is C16H26ClNO4. The Kier molecular flexibility index (Phi) is 7.35. The van der Waals surface area contributed by atoms with Crippen LogP contribution in [0.4, 0.5) is 0 Å². The fraction of sp³-hybridized carbons (Fsp3) is 0.562. The first-order valence-electron chi connectivity index (χ1n) is 7.07. The van der Waals surface area contributed by atoms with Crippen LogP contribution in [0, 0.1) is 0 Å². The molecule has 0 amide bonds. The van der Waals surface area contributed by atoms with Gasteiger partial charge in [-0.3, -0.25) is 10.1 Å². The van der Waals surface area contributed by atoms with Crippen LogP contribution in [0.1, 0.15) is 46.6 Å². The van der Waals surface area contributed by atoms with Crippen molar-refractivity contribution in [1.29, 1.82) is 0 Å². The van der Waals surface area contributed by atoms with Crippen LogP contribution in [-0.4, -0.2) is 28.1 Å². The fourth-order valence-electron chi connectivity index (χ4n) is 1.85. The highest BCUT2D eigenvalue weighted by Gasteiger charge is 2.29. The van der Waals surface area contributed by atoms with E-state index in [-0.39, 0.29) is 18.6 Å². The van der Waals surface area contributed by atoms with Gasteiger partial charge in [0, 0.05) is 0 Å². The molecule has 0 spiro atoms. The molecule has 0 heterocycles. The Labute approximate surface area is 138 Å². The second-order valence-electron chi connectivity index (χ2n) is 6.18. The summed E-state index contributed by atoms with van der Waals surface area (Å²) in [6.45, 7) is 8.53. The van der Waals surface area contributed by atoms with Crippen molar-refractivity contribution in [2.24, 2.45) is 0 Å². The molecule has 22 heavy (non-hydrogen) atoms. The number of ether oxygens (including phenoxy) is 1. The average molecular weight is 332 g/mol. The maximum atomic E-state index is 11.3. The van der Waals surface area contributed by atoms with Crippen LogP contribution in [0.15, 0.2) is 24.3 Å². The number of halogens is 1. The molecule has 5 nitrogen and oxygen atoms in total. The molecule has 1 unspecified atom stereocenters. The van der Waals surface area contributed by atoms with E-state index in [9.17, 15) is 15.0 Å². The third kappa shape index (κ3) is 5.83. The Balaban J connectivity index is 0.00000441. The molecular weight excluding hydrogens is 306 g/mol. The van der Waals surface area contributed by atoms with Gasteiger partial charge in [0.2, 0.25) is 0 Å². The summed E-state index contributed by atoms with van der Waals surface area (Å²) in [5.41, 5.74) is -1.35. The minimum absolute atomic E-state index is 0. The minimum Gasteiger partial charge on any atom is -0.481 e. The molecule has 0 aliphatic rings. The molecule has 1 aromatic carbocycles. The second-order valence-corrected chi connectivity index (χ2v) is 6.18. The number of benzene rings is 1. The second kappa shape index (κ2) is 7.81. The quantitative estimate of drug-likeness (QED) is 0.669. The largest absolute Gasteiger partial charge is 0.481 e. The number of aliphatic hydroxyl groups is 1.